The molecule has 2 amide bonds. The van der Waals surface area contributed by atoms with Gasteiger partial charge in [0.1, 0.15) is 18.2 Å². The molecule has 0 aromatic heterocycles. The third-order valence-corrected chi connectivity index (χ3v) is 4.71. The van der Waals surface area contributed by atoms with Gasteiger partial charge in [-0.25, -0.2) is 13.6 Å². The van der Waals surface area contributed by atoms with Gasteiger partial charge in [-0.05, 0) is 48.5 Å². The third-order valence-electron chi connectivity index (χ3n) is 4.71. The van der Waals surface area contributed by atoms with E-state index >= 15 is 0 Å². The Hall–Kier alpha value is -2.80. The van der Waals surface area contributed by atoms with Crippen molar-refractivity contribution in [2.45, 2.75) is 18.9 Å². The standard InChI is InChI=1S/C20H21F2N3O2/c21-15-3-1-14(2-4-15)19(26)13-25-11-9-18(10-12-25)24-20(27)23-17-7-5-16(22)6-8-17/h1-8,18H,9-13H2,(H2,23,24,27)/p+1. The maximum absolute atomic E-state index is 12.9. The molecule has 27 heavy (non-hydrogen) atoms. The van der Waals surface area contributed by atoms with E-state index < -0.39 is 0 Å². The molecule has 142 valence electrons. The van der Waals surface area contributed by atoms with Crippen LogP contribution in [0.1, 0.15) is 23.2 Å². The number of piperidine rings is 1. The summed E-state index contributed by atoms with van der Waals surface area (Å²) in [5.74, 6) is -0.721. The highest BCUT2D eigenvalue weighted by Crippen LogP contribution is 2.09. The van der Waals surface area contributed by atoms with Crippen molar-refractivity contribution >= 4 is 17.5 Å². The van der Waals surface area contributed by atoms with Gasteiger partial charge in [-0.2, -0.15) is 0 Å². The number of amides is 2. The molecule has 0 unspecified atom stereocenters. The maximum atomic E-state index is 12.9. The summed E-state index contributed by atoms with van der Waals surface area (Å²) in [5, 5.41) is 5.59. The minimum atomic E-state index is -0.357. The van der Waals surface area contributed by atoms with E-state index in [1.165, 1.54) is 48.5 Å². The van der Waals surface area contributed by atoms with Crippen molar-refractivity contribution in [1.82, 2.24) is 5.32 Å². The number of halogens is 2. The molecule has 1 heterocycles. The Kier molecular flexibility index (Phi) is 6.13. The first-order valence-electron chi connectivity index (χ1n) is 8.95. The lowest BCUT2D eigenvalue weighted by Crippen LogP contribution is -3.14. The lowest BCUT2D eigenvalue weighted by atomic mass is 10.0. The third kappa shape index (κ3) is 5.59. The van der Waals surface area contributed by atoms with Crippen molar-refractivity contribution < 1.29 is 23.3 Å². The number of Topliss-reactive ketones (excluding diaryl/α,β-unsaturated/α-hetero) is 1. The van der Waals surface area contributed by atoms with Gasteiger partial charge in [0.15, 0.2) is 0 Å². The summed E-state index contributed by atoms with van der Waals surface area (Å²) in [5.41, 5.74) is 1.05. The molecule has 7 heteroatoms. The van der Waals surface area contributed by atoms with Gasteiger partial charge >= 0.3 is 6.03 Å². The Morgan fingerprint density at radius 3 is 2.07 bits per heavy atom. The zero-order valence-corrected chi connectivity index (χ0v) is 14.8. The van der Waals surface area contributed by atoms with Crippen LogP contribution < -0.4 is 15.5 Å². The molecule has 3 N–H and O–H groups in total. The van der Waals surface area contributed by atoms with Gasteiger partial charge in [0.2, 0.25) is 5.78 Å². The Labute approximate surface area is 156 Å². The molecule has 3 rings (SSSR count). The fraction of sp³-hybridized carbons (Fsp3) is 0.300. The lowest BCUT2D eigenvalue weighted by molar-refractivity contribution is -0.896. The minimum absolute atomic E-state index is 0.00883. The molecular weight excluding hydrogens is 352 g/mol. The van der Waals surface area contributed by atoms with Crippen LogP contribution in [0.15, 0.2) is 48.5 Å². The highest BCUT2D eigenvalue weighted by Gasteiger charge is 2.25. The van der Waals surface area contributed by atoms with E-state index in [9.17, 15) is 18.4 Å². The summed E-state index contributed by atoms with van der Waals surface area (Å²) in [7, 11) is 0. The summed E-state index contributed by atoms with van der Waals surface area (Å²) in [6, 6.07) is 10.9. The van der Waals surface area contributed by atoms with E-state index in [0.29, 0.717) is 17.8 Å². The highest BCUT2D eigenvalue weighted by molar-refractivity contribution is 5.96. The van der Waals surface area contributed by atoms with E-state index in [0.717, 1.165) is 30.8 Å². The predicted octanol–water partition coefficient (Wildman–Crippen LogP) is 2.02. The topological polar surface area (TPSA) is 62.6 Å². The minimum Gasteiger partial charge on any atom is -0.335 e. The van der Waals surface area contributed by atoms with E-state index in [4.69, 9.17) is 0 Å². The van der Waals surface area contributed by atoms with Crippen molar-refractivity contribution in [3.8, 4) is 0 Å². The van der Waals surface area contributed by atoms with Crippen molar-refractivity contribution in [3.05, 3.63) is 65.7 Å². The molecule has 1 aliphatic heterocycles. The van der Waals surface area contributed by atoms with E-state index in [1.807, 2.05) is 0 Å². The molecule has 2 aromatic rings. The van der Waals surface area contributed by atoms with Gasteiger partial charge in [-0.15, -0.1) is 0 Å². The zero-order valence-electron chi connectivity index (χ0n) is 14.8. The molecule has 2 aromatic carbocycles. The normalized spacial score (nSPS) is 19.3. The van der Waals surface area contributed by atoms with Crippen LogP contribution >= 0.6 is 0 Å². The van der Waals surface area contributed by atoms with Crippen molar-refractivity contribution in [2.75, 3.05) is 25.0 Å². The molecule has 0 spiro atoms. The second-order valence-corrected chi connectivity index (χ2v) is 6.74. The number of quaternary nitrogens is 1. The predicted molar refractivity (Wildman–Crippen MR) is 97.9 cm³/mol. The smallest absolute Gasteiger partial charge is 0.319 e. The van der Waals surface area contributed by atoms with Crippen LogP contribution in [0.2, 0.25) is 0 Å². The molecule has 1 saturated heterocycles. The van der Waals surface area contributed by atoms with E-state index in [1.54, 1.807) is 0 Å². The number of carbonyl (C=O) groups is 2. The van der Waals surface area contributed by atoms with Crippen LogP contribution in [0.4, 0.5) is 19.3 Å². The molecule has 0 radical (unpaired) electrons. The average molecular weight is 374 g/mol. The summed E-state index contributed by atoms with van der Waals surface area (Å²) in [6.45, 7) is 1.91. The van der Waals surface area contributed by atoms with Gasteiger partial charge < -0.3 is 15.5 Å². The molecule has 0 bridgehead atoms. The summed E-state index contributed by atoms with van der Waals surface area (Å²) in [4.78, 5) is 25.4. The molecule has 0 saturated carbocycles. The SMILES string of the molecule is O=C(Nc1ccc(F)cc1)NC1CC[NH+](CC(=O)c2ccc(F)cc2)CC1. The van der Waals surface area contributed by atoms with Gasteiger partial charge in [0, 0.05) is 30.1 Å². The summed E-state index contributed by atoms with van der Waals surface area (Å²) < 4.78 is 25.8. The Morgan fingerprint density at radius 1 is 0.926 bits per heavy atom. The van der Waals surface area contributed by atoms with Crippen LogP contribution in [-0.4, -0.2) is 37.5 Å². The van der Waals surface area contributed by atoms with Gasteiger partial charge in [0.05, 0.1) is 13.1 Å². The van der Waals surface area contributed by atoms with Gasteiger partial charge in [0.25, 0.3) is 0 Å². The first kappa shape index (κ1) is 19.0. The first-order chi connectivity index (χ1) is 13.0. The number of urea groups is 1. The number of nitrogens with one attached hydrogen (secondary N) is 3. The average Bonchev–Trinajstić information content (AvgIpc) is 2.66. The van der Waals surface area contributed by atoms with Crippen molar-refractivity contribution in [2.24, 2.45) is 0 Å². The number of anilines is 1. The van der Waals surface area contributed by atoms with Crippen LogP contribution in [0.3, 0.4) is 0 Å². The fourth-order valence-electron chi connectivity index (χ4n) is 3.20. The molecule has 1 aliphatic rings. The number of ketones is 1. The van der Waals surface area contributed by atoms with Crippen molar-refractivity contribution in [1.29, 1.82) is 0 Å². The quantitative estimate of drug-likeness (QED) is 0.701. The highest BCUT2D eigenvalue weighted by atomic mass is 19.1. The molecule has 5 nitrogen and oxygen atoms in total. The number of likely N-dealkylation sites (tertiary alicyclic amines) is 1. The second-order valence-electron chi connectivity index (χ2n) is 6.74. The van der Waals surface area contributed by atoms with Crippen LogP contribution in [0.5, 0.6) is 0 Å². The Bertz CT molecular complexity index is 786. The Morgan fingerprint density at radius 2 is 1.48 bits per heavy atom. The van der Waals surface area contributed by atoms with E-state index in [2.05, 4.69) is 10.6 Å². The molecule has 0 aliphatic carbocycles. The van der Waals surface area contributed by atoms with Crippen LogP contribution in [0.25, 0.3) is 0 Å². The molecule has 0 atom stereocenters. The summed E-state index contributed by atoms with van der Waals surface area (Å²) >= 11 is 0. The van der Waals surface area contributed by atoms with Gasteiger partial charge in [-0.3, -0.25) is 4.79 Å². The fourth-order valence-corrected chi connectivity index (χ4v) is 3.20. The maximum Gasteiger partial charge on any atom is 0.319 e. The van der Waals surface area contributed by atoms with Crippen LogP contribution in [-0.2, 0) is 0 Å². The van der Waals surface area contributed by atoms with E-state index in [-0.39, 0.29) is 29.5 Å². The second kappa shape index (κ2) is 8.73. The summed E-state index contributed by atoms with van der Waals surface area (Å²) in [6.07, 6.45) is 1.53. The molecular formula is C20H22F2N3O2+. The first-order valence-corrected chi connectivity index (χ1v) is 8.95. The number of hydrogen-bond acceptors (Lipinski definition) is 2. The lowest BCUT2D eigenvalue weighted by Gasteiger charge is -2.29. The zero-order chi connectivity index (χ0) is 19.2. The number of benzene rings is 2. The largest absolute Gasteiger partial charge is 0.335 e. The Balaban J connectivity index is 1.41. The van der Waals surface area contributed by atoms with Gasteiger partial charge in [-0.1, -0.05) is 0 Å². The monoisotopic (exact) mass is 374 g/mol. The molecule has 1 fully saturated rings. The van der Waals surface area contributed by atoms with Crippen LogP contribution in [0, 0.1) is 11.6 Å². The number of hydrogen-bond donors (Lipinski definition) is 3. The number of carbonyl (C=O) groups excluding carboxylic acids is 2. The number of rotatable bonds is 5. The van der Waals surface area contributed by atoms with Crippen molar-refractivity contribution in [3.63, 3.8) is 0 Å².